The van der Waals surface area contributed by atoms with Crippen molar-refractivity contribution in [2.45, 2.75) is 19.9 Å². The SMILES string of the molecule is CCOc1cc(CNCCc2ccccc2)ccc1Oc1ccc(C(N)=O)cn1. The molecular formula is C23H25N3O3. The Morgan fingerprint density at radius 1 is 1.03 bits per heavy atom. The molecule has 0 aliphatic heterocycles. The molecule has 0 aliphatic rings. The topological polar surface area (TPSA) is 86.5 Å². The van der Waals surface area contributed by atoms with Crippen LogP contribution in [0, 0.1) is 0 Å². The number of carbonyl (C=O) groups excluding carboxylic acids is 1. The van der Waals surface area contributed by atoms with Gasteiger partial charge in [-0.15, -0.1) is 0 Å². The van der Waals surface area contributed by atoms with Crippen molar-refractivity contribution >= 4 is 5.91 Å². The maximum absolute atomic E-state index is 11.2. The van der Waals surface area contributed by atoms with E-state index in [0.29, 0.717) is 29.5 Å². The lowest BCUT2D eigenvalue weighted by Gasteiger charge is -2.13. The van der Waals surface area contributed by atoms with E-state index < -0.39 is 5.91 Å². The first-order valence-electron chi connectivity index (χ1n) is 9.60. The molecule has 3 aromatic rings. The molecular weight excluding hydrogens is 366 g/mol. The number of rotatable bonds is 10. The van der Waals surface area contributed by atoms with Crippen LogP contribution in [0.1, 0.15) is 28.4 Å². The molecule has 0 spiro atoms. The van der Waals surface area contributed by atoms with Crippen molar-refractivity contribution < 1.29 is 14.3 Å². The van der Waals surface area contributed by atoms with Gasteiger partial charge in [0.25, 0.3) is 0 Å². The fraction of sp³-hybridized carbons (Fsp3) is 0.217. The second-order valence-corrected chi connectivity index (χ2v) is 6.48. The smallest absolute Gasteiger partial charge is 0.250 e. The van der Waals surface area contributed by atoms with Crippen molar-refractivity contribution in [3.8, 4) is 17.4 Å². The predicted octanol–water partition coefficient (Wildman–Crippen LogP) is 3.70. The zero-order chi connectivity index (χ0) is 20.5. The van der Waals surface area contributed by atoms with Gasteiger partial charge >= 0.3 is 0 Å². The molecule has 1 aromatic heterocycles. The maximum Gasteiger partial charge on any atom is 0.250 e. The summed E-state index contributed by atoms with van der Waals surface area (Å²) >= 11 is 0. The Bertz CT molecular complexity index is 928. The van der Waals surface area contributed by atoms with Gasteiger partial charge in [0.1, 0.15) is 0 Å². The lowest BCUT2D eigenvalue weighted by Crippen LogP contribution is -2.16. The molecule has 29 heavy (non-hydrogen) atoms. The fourth-order valence-corrected chi connectivity index (χ4v) is 2.82. The second kappa shape index (κ2) is 10.2. The lowest BCUT2D eigenvalue weighted by molar-refractivity contribution is 0.1000. The molecule has 0 bridgehead atoms. The number of carbonyl (C=O) groups is 1. The third-order valence-corrected chi connectivity index (χ3v) is 4.31. The van der Waals surface area contributed by atoms with Crippen LogP contribution in [0.4, 0.5) is 0 Å². The minimum atomic E-state index is -0.525. The van der Waals surface area contributed by atoms with E-state index in [9.17, 15) is 4.79 Å². The fourth-order valence-electron chi connectivity index (χ4n) is 2.82. The molecule has 1 heterocycles. The summed E-state index contributed by atoms with van der Waals surface area (Å²) in [4.78, 5) is 15.3. The van der Waals surface area contributed by atoms with Crippen molar-refractivity contribution in [3.05, 3.63) is 83.6 Å². The highest BCUT2D eigenvalue weighted by Gasteiger charge is 2.09. The molecule has 150 valence electrons. The van der Waals surface area contributed by atoms with E-state index in [1.165, 1.54) is 11.8 Å². The van der Waals surface area contributed by atoms with Crippen LogP contribution in [-0.2, 0) is 13.0 Å². The molecule has 0 aliphatic carbocycles. The number of primary amides is 1. The molecule has 1 amide bonds. The summed E-state index contributed by atoms with van der Waals surface area (Å²) in [6.45, 7) is 4.07. The standard InChI is InChI=1S/C23H25N3O3/c1-2-28-21-14-18(15-25-13-12-17-6-4-3-5-7-17)8-10-20(21)29-22-11-9-19(16-26-22)23(24)27/h3-11,14,16,25H,2,12-13,15H2,1H3,(H2,24,27). The molecule has 0 saturated heterocycles. The minimum absolute atomic E-state index is 0.333. The molecule has 3 rings (SSSR count). The van der Waals surface area contributed by atoms with Crippen LogP contribution in [0.5, 0.6) is 17.4 Å². The van der Waals surface area contributed by atoms with Crippen LogP contribution in [0.15, 0.2) is 66.9 Å². The van der Waals surface area contributed by atoms with Crippen molar-refractivity contribution in [2.75, 3.05) is 13.2 Å². The van der Waals surface area contributed by atoms with E-state index in [1.807, 2.05) is 31.2 Å². The Morgan fingerprint density at radius 2 is 1.86 bits per heavy atom. The van der Waals surface area contributed by atoms with E-state index in [2.05, 4.69) is 34.6 Å². The summed E-state index contributed by atoms with van der Waals surface area (Å²) in [6.07, 6.45) is 2.37. The number of nitrogens with zero attached hydrogens (tertiary/aromatic N) is 1. The van der Waals surface area contributed by atoms with Crippen LogP contribution in [0.25, 0.3) is 0 Å². The Morgan fingerprint density at radius 3 is 2.55 bits per heavy atom. The summed E-state index contributed by atoms with van der Waals surface area (Å²) in [5.41, 5.74) is 7.98. The first kappa shape index (κ1) is 20.4. The molecule has 3 N–H and O–H groups in total. The van der Waals surface area contributed by atoms with Gasteiger partial charge in [-0.1, -0.05) is 36.4 Å². The number of nitrogens with one attached hydrogen (secondary N) is 1. The highest BCUT2D eigenvalue weighted by Crippen LogP contribution is 2.32. The van der Waals surface area contributed by atoms with Crippen molar-refractivity contribution in [1.82, 2.24) is 10.3 Å². The summed E-state index contributed by atoms with van der Waals surface area (Å²) < 4.78 is 11.6. The number of hydrogen-bond donors (Lipinski definition) is 2. The Hall–Kier alpha value is -3.38. The van der Waals surface area contributed by atoms with E-state index in [4.69, 9.17) is 15.2 Å². The summed E-state index contributed by atoms with van der Waals surface area (Å²) in [5.74, 6) is 1.06. The van der Waals surface area contributed by atoms with Gasteiger partial charge < -0.3 is 20.5 Å². The van der Waals surface area contributed by atoms with Crippen LogP contribution in [-0.4, -0.2) is 24.0 Å². The molecule has 0 unspecified atom stereocenters. The summed E-state index contributed by atoms with van der Waals surface area (Å²) in [5, 5.41) is 3.45. The predicted molar refractivity (Wildman–Crippen MR) is 112 cm³/mol. The van der Waals surface area contributed by atoms with Crippen molar-refractivity contribution in [3.63, 3.8) is 0 Å². The van der Waals surface area contributed by atoms with E-state index in [1.54, 1.807) is 12.1 Å². The van der Waals surface area contributed by atoms with Gasteiger partial charge in [0.05, 0.1) is 12.2 Å². The first-order valence-corrected chi connectivity index (χ1v) is 9.60. The normalized spacial score (nSPS) is 10.5. The van der Waals surface area contributed by atoms with Gasteiger partial charge in [-0.2, -0.15) is 0 Å². The Labute approximate surface area is 170 Å². The third kappa shape index (κ3) is 6.05. The number of pyridine rings is 1. The number of amides is 1. The van der Waals surface area contributed by atoms with E-state index >= 15 is 0 Å². The van der Waals surface area contributed by atoms with Crippen LogP contribution >= 0.6 is 0 Å². The number of aromatic nitrogens is 1. The number of benzene rings is 2. The van der Waals surface area contributed by atoms with Crippen molar-refractivity contribution in [1.29, 1.82) is 0 Å². The molecule has 0 radical (unpaired) electrons. The highest BCUT2D eigenvalue weighted by molar-refractivity contribution is 5.92. The summed E-state index contributed by atoms with van der Waals surface area (Å²) in [6, 6.07) is 19.4. The van der Waals surface area contributed by atoms with Crippen LogP contribution in [0.2, 0.25) is 0 Å². The van der Waals surface area contributed by atoms with Gasteiger partial charge in [-0.25, -0.2) is 4.98 Å². The first-order chi connectivity index (χ1) is 14.2. The van der Waals surface area contributed by atoms with Gasteiger partial charge in [0, 0.05) is 18.8 Å². The second-order valence-electron chi connectivity index (χ2n) is 6.48. The monoisotopic (exact) mass is 391 g/mol. The average molecular weight is 391 g/mol. The third-order valence-electron chi connectivity index (χ3n) is 4.31. The Balaban J connectivity index is 1.61. The van der Waals surface area contributed by atoms with E-state index in [0.717, 1.165) is 25.1 Å². The number of nitrogens with two attached hydrogens (primary N) is 1. The molecule has 0 fully saturated rings. The Kier molecular flexibility index (Phi) is 7.19. The van der Waals surface area contributed by atoms with Crippen LogP contribution in [0.3, 0.4) is 0 Å². The van der Waals surface area contributed by atoms with Gasteiger partial charge in [-0.05, 0) is 49.2 Å². The zero-order valence-electron chi connectivity index (χ0n) is 16.4. The van der Waals surface area contributed by atoms with Gasteiger partial charge in [0.15, 0.2) is 11.5 Å². The lowest BCUT2D eigenvalue weighted by atomic mass is 10.1. The number of hydrogen-bond acceptors (Lipinski definition) is 5. The molecule has 0 atom stereocenters. The summed E-state index contributed by atoms with van der Waals surface area (Å²) in [7, 11) is 0. The quantitative estimate of drug-likeness (QED) is 0.515. The van der Waals surface area contributed by atoms with E-state index in [-0.39, 0.29) is 0 Å². The molecule has 0 saturated carbocycles. The largest absolute Gasteiger partial charge is 0.490 e. The number of ether oxygens (including phenoxy) is 2. The van der Waals surface area contributed by atoms with Gasteiger partial charge in [-0.3, -0.25) is 4.79 Å². The zero-order valence-corrected chi connectivity index (χ0v) is 16.4. The van der Waals surface area contributed by atoms with Crippen LogP contribution < -0.4 is 20.5 Å². The molecule has 6 nitrogen and oxygen atoms in total. The van der Waals surface area contributed by atoms with Crippen molar-refractivity contribution in [2.24, 2.45) is 5.73 Å². The molecule has 2 aromatic carbocycles. The minimum Gasteiger partial charge on any atom is -0.490 e. The highest BCUT2D eigenvalue weighted by atomic mass is 16.5. The average Bonchev–Trinajstić information content (AvgIpc) is 2.74. The van der Waals surface area contributed by atoms with Gasteiger partial charge in [0.2, 0.25) is 11.8 Å². The maximum atomic E-state index is 11.2. The molecule has 6 heteroatoms.